The molecule has 1 aliphatic rings. The predicted octanol–water partition coefficient (Wildman–Crippen LogP) is 2.16. The van der Waals surface area contributed by atoms with E-state index >= 15 is 0 Å². The molecule has 0 aliphatic carbocycles. The first-order valence-corrected chi connectivity index (χ1v) is 7.62. The second kappa shape index (κ2) is 7.04. The number of carboxylic acid groups (broad SMARTS) is 1. The number of hydrogen-bond donors (Lipinski definition) is 2. The standard InChI is InChI=1S/C15H18BrNO4/c1-9(10-2-4-11(16)5-3-10)6-14(18)17-13-8-21-7-12(13)15(19)20/h2-5,9,12-13H,6-8H2,1H3,(H,17,18)(H,19,20). The van der Waals surface area contributed by atoms with Crippen LogP contribution < -0.4 is 5.32 Å². The zero-order valence-electron chi connectivity index (χ0n) is 11.7. The predicted molar refractivity (Wildman–Crippen MR) is 81.0 cm³/mol. The zero-order chi connectivity index (χ0) is 15.4. The Kier molecular flexibility index (Phi) is 5.36. The van der Waals surface area contributed by atoms with Crippen molar-refractivity contribution in [2.24, 2.45) is 5.92 Å². The van der Waals surface area contributed by atoms with Crippen molar-refractivity contribution in [2.45, 2.75) is 25.3 Å². The summed E-state index contributed by atoms with van der Waals surface area (Å²) in [4.78, 5) is 23.1. The first kappa shape index (κ1) is 16.0. The van der Waals surface area contributed by atoms with Crippen LogP contribution in [0.25, 0.3) is 0 Å². The van der Waals surface area contributed by atoms with Crippen LogP contribution in [0.1, 0.15) is 24.8 Å². The maximum absolute atomic E-state index is 12.0. The Hall–Kier alpha value is -1.40. The molecule has 1 aromatic carbocycles. The summed E-state index contributed by atoms with van der Waals surface area (Å²) in [5, 5.41) is 11.8. The first-order valence-electron chi connectivity index (χ1n) is 6.82. The molecule has 1 saturated heterocycles. The van der Waals surface area contributed by atoms with Gasteiger partial charge in [0.2, 0.25) is 5.91 Å². The van der Waals surface area contributed by atoms with Crippen LogP contribution in [-0.4, -0.2) is 36.2 Å². The van der Waals surface area contributed by atoms with Gasteiger partial charge in [0.05, 0.1) is 19.3 Å². The quantitative estimate of drug-likeness (QED) is 0.848. The third-order valence-electron chi connectivity index (χ3n) is 3.67. The first-order chi connectivity index (χ1) is 9.97. The molecule has 0 radical (unpaired) electrons. The molecule has 1 aromatic rings. The number of hydrogen-bond acceptors (Lipinski definition) is 3. The number of nitrogens with one attached hydrogen (secondary N) is 1. The SMILES string of the molecule is CC(CC(=O)NC1COCC1C(=O)O)c1ccc(Br)cc1. The summed E-state index contributed by atoms with van der Waals surface area (Å²) in [6.45, 7) is 2.39. The van der Waals surface area contributed by atoms with E-state index in [1.54, 1.807) is 0 Å². The lowest BCUT2D eigenvalue weighted by molar-refractivity contribution is -0.142. The van der Waals surface area contributed by atoms with Gasteiger partial charge in [0.1, 0.15) is 5.92 Å². The number of ether oxygens (including phenoxy) is 1. The number of carbonyl (C=O) groups is 2. The Labute approximate surface area is 131 Å². The van der Waals surface area contributed by atoms with Crippen LogP contribution in [0.4, 0.5) is 0 Å². The van der Waals surface area contributed by atoms with Crippen LogP contribution in [0, 0.1) is 5.92 Å². The summed E-state index contributed by atoms with van der Waals surface area (Å²) in [5.74, 6) is -1.66. The van der Waals surface area contributed by atoms with Gasteiger partial charge in [-0.05, 0) is 23.6 Å². The molecule has 5 nitrogen and oxygen atoms in total. The Morgan fingerprint density at radius 2 is 2.05 bits per heavy atom. The molecule has 0 aromatic heterocycles. The second-order valence-corrected chi connectivity index (χ2v) is 6.23. The molecule has 1 heterocycles. The van der Waals surface area contributed by atoms with Gasteiger partial charge >= 0.3 is 5.97 Å². The van der Waals surface area contributed by atoms with Gasteiger partial charge in [0.25, 0.3) is 0 Å². The van der Waals surface area contributed by atoms with Crippen molar-refractivity contribution >= 4 is 27.8 Å². The van der Waals surface area contributed by atoms with Crippen molar-refractivity contribution in [3.63, 3.8) is 0 Å². The highest BCUT2D eigenvalue weighted by Gasteiger charge is 2.35. The second-order valence-electron chi connectivity index (χ2n) is 5.31. The van der Waals surface area contributed by atoms with Crippen LogP contribution >= 0.6 is 15.9 Å². The minimum absolute atomic E-state index is 0.0729. The highest BCUT2D eigenvalue weighted by molar-refractivity contribution is 9.10. The molecule has 0 saturated carbocycles. The molecule has 2 rings (SSSR count). The summed E-state index contributed by atoms with van der Waals surface area (Å²) < 4.78 is 6.13. The topological polar surface area (TPSA) is 75.6 Å². The van der Waals surface area contributed by atoms with E-state index in [2.05, 4.69) is 21.2 Å². The number of halogens is 1. The zero-order valence-corrected chi connectivity index (χ0v) is 13.3. The molecule has 0 bridgehead atoms. The molecule has 3 unspecified atom stereocenters. The van der Waals surface area contributed by atoms with Gasteiger partial charge in [0.15, 0.2) is 0 Å². The minimum Gasteiger partial charge on any atom is -0.481 e. The number of benzene rings is 1. The van der Waals surface area contributed by atoms with E-state index in [0.717, 1.165) is 10.0 Å². The highest BCUT2D eigenvalue weighted by atomic mass is 79.9. The van der Waals surface area contributed by atoms with E-state index in [1.807, 2.05) is 31.2 Å². The van der Waals surface area contributed by atoms with Gasteiger partial charge < -0.3 is 15.2 Å². The lowest BCUT2D eigenvalue weighted by atomic mass is 9.97. The van der Waals surface area contributed by atoms with Gasteiger partial charge in [0, 0.05) is 10.9 Å². The van der Waals surface area contributed by atoms with Crippen molar-refractivity contribution < 1.29 is 19.4 Å². The third kappa shape index (κ3) is 4.28. The van der Waals surface area contributed by atoms with E-state index in [-0.39, 0.29) is 25.0 Å². The summed E-state index contributed by atoms with van der Waals surface area (Å²) in [6, 6.07) is 7.39. The van der Waals surface area contributed by atoms with Crippen molar-refractivity contribution in [2.75, 3.05) is 13.2 Å². The minimum atomic E-state index is -0.932. The average Bonchev–Trinajstić information content (AvgIpc) is 2.87. The monoisotopic (exact) mass is 355 g/mol. The summed E-state index contributed by atoms with van der Waals surface area (Å²) in [6.07, 6.45) is 0.324. The number of amides is 1. The molecule has 0 spiro atoms. The fourth-order valence-electron chi connectivity index (χ4n) is 2.39. The number of aliphatic carboxylic acids is 1. The van der Waals surface area contributed by atoms with E-state index in [1.165, 1.54) is 0 Å². The molecular formula is C15H18BrNO4. The summed E-state index contributed by atoms with van der Waals surface area (Å²) in [5.41, 5.74) is 1.07. The van der Waals surface area contributed by atoms with E-state index in [4.69, 9.17) is 9.84 Å². The van der Waals surface area contributed by atoms with Gasteiger partial charge in [-0.2, -0.15) is 0 Å². The molecule has 1 aliphatic heterocycles. The van der Waals surface area contributed by atoms with Gasteiger partial charge in [-0.3, -0.25) is 9.59 Å². The van der Waals surface area contributed by atoms with Crippen molar-refractivity contribution in [3.05, 3.63) is 34.3 Å². The molecular weight excluding hydrogens is 338 g/mol. The average molecular weight is 356 g/mol. The smallest absolute Gasteiger partial charge is 0.311 e. The van der Waals surface area contributed by atoms with Crippen molar-refractivity contribution in [1.82, 2.24) is 5.32 Å². The maximum Gasteiger partial charge on any atom is 0.311 e. The molecule has 1 fully saturated rings. The Morgan fingerprint density at radius 1 is 1.38 bits per heavy atom. The maximum atomic E-state index is 12.0. The van der Waals surface area contributed by atoms with Gasteiger partial charge in [-0.15, -0.1) is 0 Å². The summed E-state index contributed by atoms with van der Waals surface area (Å²) in [7, 11) is 0. The fourth-order valence-corrected chi connectivity index (χ4v) is 2.66. The van der Waals surface area contributed by atoms with Crippen LogP contribution in [0.2, 0.25) is 0 Å². The largest absolute Gasteiger partial charge is 0.481 e. The molecule has 1 amide bonds. The van der Waals surface area contributed by atoms with Crippen molar-refractivity contribution in [1.29, 1.82) is 0 Å². The van der Waals surface area contributed by atoms with E-state index in [9.17, 15) is 9.59 Å². The molecule has 114 valence electrons. The lowest BCUT2D eigenvalue weighted by Gasteiger charge is -2.18. The number of rotatable bonds is 5. The Balaban J connectivity index is 1.89. The van der Waals surface area contributed by atoms with Gasteiger partial charge in [-0.25, -0.2) is 0 Å². The lowest BCUT2D eigenvalue weighted by Crippen LogP contribution is -2.42. The normalized spacial score (nSPS) is 22.8. The molecule has 3 atom stereocenters. The van der Waals surface area contributed by atoms with Crippen molar-refractivity contribution in [3.8, 4) is 0 Å². The molecule has 6 heteroatoms. The third-order valence-corrected chi connectivity index (χ3v) is 4.20. The number of carboxylic acids is 1. The van der Waals surface area contributed by atoms with Crippen LogP contribution in [0.15, 0.2) is 28.7 Å². The molecule has 21 heavy (non-hydrogen) atoms. The van der Waals surface area contributed by atoms with Gasteiger partial charge in [-0.1, -0.05) is 35.0 Å². The molecule has 2 N–H and O–H groups in total. The van der Waals surface area contributed by atoms with E-state index in [0.29, 0.717) is 6.42 Å². The Bertz CT molecular complexity index is 517. The van der Waals surface area contributed by atoms with Crippen LogP contribution in [0.3, 0.4) is 0 Å². The highest BCUT2D eigenvalue weighted by Crippen LogP contribution is 2.22. The van der Waals surface area contributed by atoms with Crippen LogP contribution in [0.5, 0.6) is 0 Å². The van der Waals surface area contributed by atoms with Crippen LogP contribution in [-0.2, 0) is 14.3 Å². The fraction of sp³-hybridized carbons (Fsp3) is 0.467. The van der Waals surface area contributed by atoms with E-state index < -0.39 is 17.9 Å². The number of carbonyl (C=O) groups excluding carboxylic acids is 1. The Morgan fingerprint density at radius 3 is 2.67 bits per heavy atom. The summed E-state index contributed by atoms with van der Waals surface area (Å²) >= 11 is 3.38.